The van der Waals surface area contributed by atoms with E-state index in [1.807, 2.05) is 12.1 Å². The molecular weight excluding hydrogens is 592 g/mol. The van der Waals surface area contributed by atoms with Crippen molar-refractivity contribution in [2.24, 2.45) is 29.6 Å². The second-order valence-electron chi connectivity index (χ2n) is 11.2. The summed E-state index contributed by atoms with van der Waals surface area (Å²) in [6.45, 7) is 1.75. The quantitative estimate of drug-likeness (QED) is 0.292. The Kier molecular flexibility index (Phi) is 7.00. The normalized spacial score (nSPS) is 28.3. The number of thioether (sulfide) groups is 1. The van der Waals surface area contributed by atoms with Crippen molar-refractivity contribution in [1.29, 1.82) is 0 Å². The first kappa shape index (κ1) is 28.0. The van der Waals surface area contributed by atoms with Crippen LogP contribution in [0.5, 0.6) is 17.2 Å². The molecule has 2 aliphatic carbocycles. The summed E-state index contributed by atoms with van der Waals surface area (Å²) in [6.07, 6.45) is 0.791. The fourth-order valence-corrected chi connectivity index (χ4v) is 10.6. The molecule has 1 saturated heterocycles. The van der Waals surface area contributed by atoms with Gasteiger partial charge in [-0.15, -0.1) is 11.8 Å². The topological polar surface area (TPSA) is 124 Å². The minimum Gasteiger partial charge on any atom is -0.497 e. The number of carbonyl (C=O) groups is 3. The molecule has 224 valence electrons. The van der Waals surface area contributed by atoms with Gasteiger partial charge < -0.3 is 23.9 Å². The molecule has 1 aromatic heterocycles. The number of benzene rings is 2. The zero-order valence-corrected chi connectivity index (χ0v) is 25.4. The Bertz CT molecular complexity index is 1670. The molecule has 1 N–H and O–H groups in total. The summed E-state index contributed by atoms with van der Waals surface area (Å²) in [6, 6.07) is 12.6. The number of fused-ring (bicyclic) bond motifs is 9. The number of aromatic amines is 1. The number of imide groups is 1. The van der Waals surface area contributed by atoms with Crippen LogP contribution < -0.4 is 24.0 Å². The Balaban J connectivity index is 1.24. The minimum atomic E-state index is -0.474. The summed E-state index contributed by atoms with van der Waals surface area (Å²) in [5.74, 6) is -0.176. The number of amides is 2. The number of aromatic nitrogens is 1. The Labute approximate surface area is 255 Å². The van der Waals surface area contributed by atoms with Gasteiger partial charge in [0.15, 0.2) is 18.1 Å². The molecule has 3 fully saturated rings. The Morgan fingerprint density at radius 2 is 1.72 bits per heavy atom. The summed E-state index contributed by atoms with van der Waals surface area (Å²) in [5, 5.41) is 0.892. The van der Waals surface area contributed by atoms with E-state index in [-0.39, 0.29) is 64.7 Å². The van der Waals surface area contributed by atoms with Crippen molar-refractivity contribution in [3.8, 4) is 17.2 Å². The maximum absolute atomic E-state index is 14.0. The summed E-state index contributed by atoms with van der Waals surface area (Å²) in [7, 11) is 3.11. The van der Waals surface area contributed by atoms with Crippen LogP contribution in [0.2, 0.25) is 0 Å². The van der Waals surface area contributed by atoms with E-state index in [0.717, 1.165) is 21.9 Å². The van der Waals surface area contributed by atoms with Crippen LogP contribution in [0.15, 0.2) is 52.3 Å². The highest BCUT2D eigenvalue weighted by Crippen LogP contribution is 2.68. The zero-order chi connectivity index (χ0) is 30.0. The number of nitrogens with one attached hydrogen (secondary N) is 1. The Hall–Kier alpha value is -3.77. The van der Waals surface area contributed by atoms with Crippen LogP contribution in [-0.4, -0.2) is 55.5 Å². The van der Waals surface area contributed by atoms with Gasteiger partial charge in [-0.1, -0.05) is 17.4 Å². The van der Waals surface area contributed by atoms with Gasteiger partial charge in [-0.25, -0.2) is 4.79 Å². The summed E-state index contributed by atoms with van der Waals surface area (Å²) >= 11 is 2.84. The van der Waals surface area contributed by atoms with Crippen LogP contribution in [0.3, 0.4) is 0 Å². The molecule has 2 bridgehead atoms. The largest absolute Gasteiger partial charge is 0.497 e. The lowest BCUT2D eigenvalue weighted by molar-refractivity contribution is -0.145. The highest BCUT2D eigenvalue weighted by Gasteiger charge is 2.69. The number of anilines is 1. The lowest BCUT2D eigenvalue weighted by Gasteiger charge is -2.43. The van der Waals surface area contributed by atoms with Gasteiger partial charge >= 0.3 is 10.8 Å². The fourth-order valence-electron chi connectivity index (χ4n) is 7.71. The molecule has 2 saturated carbocycles. The third-order valence-corrected chi connectivity index (χ3v) is 11.8. The average Bonchev–Trinajstić information content (AvgIpc) is 3.75. The van der Waals surface area contributed by atoms with Crippen molar-refractivity contribution in [1.82, 2.24) is 4.98 Å². The van der Waals surface area contributed by atoms with Gasteiger partial charge in [0.05, 0.1) is 43.4 Å². The molecule has 2 aliphatic heterocycles. The Morgan fingerprint density at radius 3 is 2.42 bits per heavy atom. The van der Waals surface area contributed by atoms with Crippen LogP contribution in [0.4, 0.5) is 5.69 Å². The predicted molar refractivity (Wildman–Crippen MR) is 159 cm³/mol. The van der Waals surface area contributed by atoms with Crippen molar-refractivity contribution in [2.45, 2.75) is 29.5 Å². The number of methoxy groups -OCH3 is 2. The standard InChI is InChI=1S/C31H30N2O8S2/c1-4-40-21(34)13-41-19-10-5-14(11-20(19)39-3)22-23-17-12-18(26(23)42-28-27(22)43-31(37)32-28)25-24(17)29(35)33(30(25)36)15-6-8-16(38-2)9-7-15/h5-11,17-18,22-26H,4,12-13H2,1-3H3,(H,32,37)/t17-,18-,22+,23-,24+,25+,26-/m1/s1. The van der Waals surface area contributed by atoms with E-state index in [9.17, 15) is 19.2 Å². The van der Waals surface area contributed by atoms with Crippen molar-refractivity contribution in [3.63, 3.8) is 0 Å². The van der Waals surface area contributed by atoms with Crippen LogP contribution >= 0.6 is 23.1 Å². The number of nitrogens with zero attached hydrogens (tertiary/aromatic N) is 1. The van der Waals surface area contributed by atoms with E-state index in [1.165, 1.54) is 23.3 Å². The molecule has 0 spiro atoms. The summed E-state index contributed by atoms with van der Waals surface area (Å²) in [5.41, 5.74) is 1.49. The van der Waals surface area contributed by atoms with Gasteiger partial charge in [0.25, 0.3) is 0 Å². The van der Waals surface area contributed by atoms with E-state index in [4.69, 9.17) is 18.9 Å². The molecule has 0 unspecified atom stereocenters. The molecule has 12 heteroatoms. The first-order valence-electron chi connectivity index (χ1n) is 14.2. The van der Waals surface area contributed by atoms with E-state index >= 15 is 0 Å². The number of hydrogen-bond donors (Lipinski definition) is 1. The molecule has 0 radical (unpaired) electrons. The third-order valence-electron chi connectivity index (χ3n) is 9.25. The fraction of sp³-hybridized carbons (Fsp3) is 0.419. The molecule has 43 heavy (non-hydrogen) atoms. The zero-order valence-electron chi connectivity index (χ0n) is 23.7. The number of hydrogen-bond acceptors (Lipinski definition) is 10. The molecule has 2 amide bonds. The second-order valence-corrected chi connectivity index (χ2v) is 13.4. The molecular formula is C31H30N2O8S2. The van der Waals surface area contributed by atoms with Crippen molar-refractivity contribution >= 4 is 46.6 Å². The van der Waals surface area contributed by atoms with Crippen LogP contribution in [0.1, 0.15) is 29.7 Å². The van der Waals surface area contributed by atoms with Gasteiger partial charge in [0, 0.05) is 16.0 Å². The van der Waals surface area contributed by atoms with Crippen LogP contribution in [0.25, 0.3) is 0 Å². The number of carbonyl (C=O) groups excluding carboxylic acids is 3. The molecule has 4 aliphatic rings. The first-order chi connectivity index (χ1) is 20.8. The molecule has 3 aromatic rings. The van der Waals surface area contributed by atoms with Crippen molar-refractivity contribution in [2.75, 3.05) is 32.3 Å². The molecule has 10 nitrogen and oxygen atoms in total. The minimum absolute atomic E-state index is 0.0119. The van der Waals surface area contributed by atoms with E-state index in [2.05, 4.69) is 4.98 Å². The number of rotatable bonds is 8. The monoisotopic (exact) mass is 622 g/mol. The SMILES string of the molecule is CCOC(=O)COc1ccc([C@@H]2c3sc(=O)[nH]c3S[C@@H]3[C@@H]4C[C@@H]([C@@H]5C(=O)N(c6ccc(OC)cc6)C(=O)[C@@H]45)[C@H]23)cc1OC. The predicted octanol–water partition coefficient (Wildman–Crippen LogP) is 4.07. The van der Waals surface area contributed by atoms with Crippen molar-refractivity contribution < 1.29 is 33.3 Å². The molecule has 7 atom stereocenters. The number of H-pyrrole nitrogens is 1. The van der Waals surface area contributed by atoms with Crippen LogP contribution in [-0.2, 0) is 19.1 Å². The third kappa shape index (κ3) is 4.36. The average molecular weight is 623 g/mol. The second kappa shape index (κ2) is 10.7. The smallest absolute Gasteiger partial charge is 0.344 e. The highest BCUT2D eigenvalue weighted by molar-refractivity contribution is 8.00. The number of ether oxygens (including phenoxy) is 4. The lowest BCUT2D eigenvalue weighted by Crippen LogP contribution is -2.42. The molecule has 3 heterocycles. The number of esters is 1. The first-order valence-corrected chi connectivity index (χ1v) is 15.9. The van der Waals surface area contributed by atoms with Gasteiger partial charge in [-0.3, -0.25) is 19.3 Å². The highest BCUT2D eigenvalue weighted by atomic mass is 32.2. The van der Waals surface area contributed by atoms with E-state index < -0.39 is 11.9 Å². The number of thiazole rings is 1. The van der Waals surface area contributed by atoms with E-state index in [1.54, 1.807) is 56.1 Å². The lowest BCUT2D eigenvalue weighted by atomic mass is 9.68. The van der Waals surface area contributed by atoms with Crippen LogP contribution in [0, 0.1) is 29.6 Å². The van der Waals surface area contributed by atoms with Crippen molar-refractivity contribution in [3.05, 3.63) is 62.6 Å². The Morgan fingerprint density at radius 1 is 0.977 bits per heavy atom. The maximum Gasteiger partial charge on any atom is 0.344 e. The molecule has 2 aromatic carbocycles. The van der Waals surface area contributed by atoms with Gasteiger partial charge in [-0.05, 0) is 73.1 Å². The summed E-state index contributed by atoms with van der Waals surface area (Å²) < 4.78 is 21.6. The van der Waals surface area contributed by atoms with Gasteiger partial charge in [-0.2, -0.15) is 0 Å². The summed E-state index contributed by atoms with van der Waals surface area (Å²) in [4.78, 5) is 57.5. The molecule has 7 rings (SSSR count). The van der Waals surface area contributed by atoms with Gasteiger partial charge in [0.1, 0.15) is 5.75 Å². The maximum atomic E-state index is 14.0. The van der Waals surface area contributed by atoms with E-state index in [0.29, 0.717) is 22.9 Å². The van der Waals surface area contributed by atoms with Gasteiger partial charge in [0.2, 0.25) is 11.8 Å².